The quantitative estimate of drug-likeness (QED) is 0.266. The molecule has 1 aromatic carbocycles. The summed E-state index contributed by atoms with van der Waals surface area (Å²) in [7, 11) is 0. The van der Waals surface area contributed by atoms with Gasteiger partial charge >= 0.3 is 5.97 Å². The van der Waals surface area contributed by atoms with E-state index in [-0.39, 0.29) is 12.3 Å². The molecule has 5 atom stereocenters. The molecule has 0 bridgehead atoms. The first kappa shape index (κ1) is 28.4. The van der Waals surface area contributed by atoms with E-state index in [9.17, 15) is 19.2 Å². The van der Waals surface area contributed by atoms with Gasteiger partial charge in [-0.15, -0.1) is 0 Å². The lowest BCUT2D eigenvalue weighted by Crippen LogP contribution is -2.58. The van der Waals surface area contributed by atoms with Crippen molar-refractivity contribution in [3.05, 3.63) is 35.9 Å². The van der Waals surface area contributed by atoms with Crippen LogP contribution in [0.2, 0.25) is 0 Å². The maximum Gasteiger partial charge on any atom is 0.325 e. The number of aliphatic carboxylic acids is 1. The van der Waals surface area contributed by atoms with Gasteiger partial charge in [-0.05, 0) is 36.8 Å². The predicted molar refractivity (Wildman–Crippen MR) is 130 cm³/mol. The molecule has 0 fully saturated rings. The van der Waals surface area contributed by atoms with Crippen LogP contribution in [0.4, 0.5) is 0 Å². The molecule has 0 radical (unpaired) electrons. The molecule has 0 aliphatic carbocycles. The lowest BCUT2D eigenvalue weighted by Gasteiger charge is -2.26. The van der Waals surface area contributed by atoms with E-state index in [0.29, 0.717) is 12.2 Å². The third-order valence-electron chi connectivity index (χ3n) is 5.45. The van der Waals surface area contributed by atoms with Crippen molar-refractivity contribution in [2.75, 3.05) is 12.0 Å². The lowest BCUT2D eigenvalue weighted by molar-refractivity contribution is -0.141. The Morgan fingerprint density at radius 2 is 1.55 bits per heavy atom. The van der Waals surface area contributed by atoms with Gasteiger partial charge in [-0.1, -0.05) is 50.6 Å². The number of carbonyl (C=O) groups excluding carboxylic acids is 3. The molecule has 33 heavy (non-hydrogen) atoms. The standard InChI is InChI=1S/C23H36N4O5S/c1-5-14(2)19(24)22(30)26-17(11-12-33-4)20(28)27-18(13-16-9-7-6-8-10-16)21(29)25-15(3)23(31)32/h6-10,14-15,17-19H,5,11-13,24H2,1-4H3,(H,25,29)(H,26,30)(H,27,28)(H,31,32). The topological polar surface area (TPSA) is 151 Å². The van der Waals surface area contributed by atoms with Crippen molar-refractivity contribution in [3.8, 4) is 0 Å². The van der Waals surface area contributed by atoms with Gasteiger partial charge in [0.2, 0.25) is 17.7 Å². The molecule has 0 aliphatic rings. The van der Waals surface area contributed by atoms with Crippen molar-refractivity contribution in [3.63, 3.8) is 0 Å². The van der Waals surface area contributed by atoms with E-state index in [1.165, 1.54) is 18.7 Å². The van der Waals surface area contributed by atoms with E-state index in [0.717, 1.165) is 12.0 Å². The molecule has 0 aromatic heterocycles. The second kappa shape index (κ2) is 14.5. The van der Waals surface area contributed by atoms with E-state index < -0.39 is 47.9 Å². The zero-order valence-electron chi connectivity index (χ0n) is 19.7. The average molecular weight is 481 g/mol. The fourth-order valence-electron chi connectivity index (χ4n) is 2.99. The van der Waals surface area contributed by atoms with Crippen LogP contribution in [0.15, 0.2) is 30.3 Å². The summed E-state index contributed by atoms with van der Waals surface area (Å²) in [6.07, 6.45) is 3.13. The molecule has 0 aliphatic heterocycles. The van der Waals surface area contributed by atoms with Crippen LogP contribution in [0.5, 0.6) is 0 Å². The maximum atomic E-state index is 13.1. The Bertz CT molecular complexity index is 792. The minimum absolute atomic E-state index is 0.0524. The highest BCUT2D eigenvalue weighted by Crippen LogP contribution is 2.09. The lowest BCUT2D eigenvalue weighted by atomic mass is 9.99. The minimum atomic E-state index is -1.18. The van der Waals surface area contributed by atoms with Gasteiger partial charge in [-0.3, -0.25) is 19.2 Å². The normalized spacial score (nSPS) is 15.4. The first-order valence-corrected chi connectivity index (χ1v) is 12.4. The summed E-state index contributed by atoms with van der Waals surface area (Å²) in [6.45, 7) is 5.14. The number of nitrogens with one attached hydrogen (secondary N) is 3. The fraction of sp³-hybridized carbons (Fsp3) is 0.565. The molecular weight excluding hydrogens is 444 g/mol. The van der Waals surface area contributed by atoms with Crippen LogP contribution < -0.4 is 21.7 Å². The van der Waals surface area contributed by atoms with E-state index in [4.69, 9.17) is 10.8 Å². The maximum absolute atomic E-state index is 13.1. The summed E-state index contributed by atoms with van der Waals surface area (Å²) < 4.78 is 0. The summed E-state index contributed by atoms with van der Waals surface area (Å²) in [5.41, 5.74) is 6.81. The van der Waals surface area contributed by atoms with E-state index in [1.807, 2.05) is 50.4 Å². The van der Waals surface area contributed by atoms with Crippen LogP contribution in [0, 0.1) is 5.92 Å². The Morgan fingerprint density at radius 3 is 2.09 bits per heavy atom. The first-order valence-electron chi connectivity index (χ1n) is 11.0. The number of amides is 3. The SMILES string of the molecule is CCC(C)C(N)C(=O)NC(CCSC)C(=O)NC(Cc1ccccc1)C(=O)NC(C)C(=O)O. The molecule has 9 nitrogen and oxygen atoms in total. The van der Waals surface area contributed by atoms with Crippen LogP contribution in [0.3, 0.4) is 0 Å². The van der Waals surface area contributed by atoms with Gasteiger partial charge < -0.3 is 26.8 Å². The molecular formula is C23H36N4O5S. The largest absolute Gasteiger partial charge is 0.480 e. The number of carbonyl (C=O) groups is 4. The number of rotatable bonds is 14. The number of nitrogens with two attached hydrogens (primary N) is 1. The number of hydrogen-bond acceptors (Lipinski definition) is 6. The van der Waals surface area contributed by atoms with Crippen molar-refractivity contribution < 1.29 is 24.3 Å². The Kier molecular flexibility index (Phi) is 12.5. The van der Waals surface area contributed by atoms with Crippen molar-refractivity contribution in [1.29, 1.82) is 0 Å². The molecule has 0 saturated heterocycles. The highest BCUT2D eigenvalue weighted by Gasteiger charge is 2.30. The molecule has 184 valence electrons. The molecule has 1 rings (SSSR count). The average Bonchev–Trinajstić information content (AvgIpc) is 2.80. The molecule has 10 heteroatoms. The van der Waals surface area contributed by atoms with Gasteiger partial charge in [-0.25, -0.2) is 0 Å². The zero-order valence-corrected chi connectivity index (χ0v) is 20.5. The smallest absolute Gasteiger partial charge is 0.325 e. The van der Waals surface area contributed by atoms with Crippen LogP contribution in [-0.2, 0) is 25.6 Å². The highest BCUT2D eigenvalue weighted by molar-refractivity contribution is 7.98. The number of carboxylic acids is 1. The third kappa shape index (κ3) is 9.83. The van der Waals surface area contributed by atoms with Crippen molar-refractivity contribution >= 4 is 35.5 Å². The van der Waals surface area contributed by atoms with Gasteiger partial charge in [0, 0.05) is 6.42 Å². The van der Waals surface area contributed by atoms with Crippen molar-refractivity contribution in [2.24, 2.45) is 11.7 Å². The van der Waals surface area contributed by atoms with Gasteiger partial charge in [0.15, 0.2) is 0 Å². The van der Waals surface area contributed by atoms with E-state index in [1.54, 1.807) is 0 Å². The van der Waals surface area contributed by atoms with Gasteiger partial charge in [0.05, 0.1) is 6.04 Å². The van der Waals surface area contributed by atoms with E-state index in [2.05, 4.69) is 16.0 Å². The van der Waals surface area contributed by atoms with Crippen LogP contribution in [-0.4, -0.2) is 65.0 Å². The summed E-state index contributed by atoms with van der Waals surface area (Å²) in [5.74, 6) is -2.18. The first-order chi connectivity index (χ1) is 15.6. The summed E-state index contributed by atoms with van der Waals surface area (Å²) in [6, 6.07) is 5.32. The van der Waals surface area contributed by atoms with Gasteiger partial charge in [0.25, 0.3) is 0 Å². The van der Waals surface area contributed by atoms with Crippen LogP contribution in [0.25, 0.3) is 0 Å². The Morgan fingerprint density at radius 1 is 0.970 bits per heavy atom. The second-order valence-corrected chi connectivity index (χ2v) is 9.06. The predicted octanol–water partition coefficient (Wildman–Crippen LogP) is 0.915. The zero-order chi connectivity index (χ0) is 25.0. The number of carboxylic acid groups (broad SMARTS) is 1. The third-order valence-corrected chi connectivity index (χ3v) is 6.09. The second-order valence-electron chi connectivity index (χ2n) is 8.07. The number of thioether (sulfide) groups is 1. The van der Waals surface area contributed by atoms with Gasteiger partial charge in [-0.2, -0.15) is 11.8 Å². The monoisotopic (exact) mass is 480 g/mol. The van der Waals surface area contributed by atoms with Gasteiger partial charge in [0.1, 0.15) is 18.1 Å². The Balaban J connectivity index is 3.03. The molecule has 0 spiro atoms. The number of benzene rings is 1. The molecule has 3 amide bonds. The summed E-state index contributed by atoms with van der Waals surface area (Å²) >= 11 is 1.53. The van der Waals surface area contributed by atoms with Crippen molar-refractivity contribution in [2.45, 2.75) is 64.2 Å². The molecule has 0 saturated carbocycles. The summed E-state index contributed by atoms with van der Waals surface area (Å²) in [5, 5.41) is 16.9. The summed E-state index contributed by atoms with van der Waals surface area (Å²) in [4.78, 5) is 49.6. The number of hydrogen-bond donors (Lipinski definition) is 5. The van der Waals surface area contributed by atoms with Crippen molar-refractivity contribution in [1.82, 2.24) is 16.0 Å². The molecule has 6 N–H and O–H groups in total. The van der Waals surface area contributed by atoms with Crippen LogP contribution >= 0.6 is 11.8 Å². The fourth-order valence-corrected chi connectivity index (χ4v) is 3.46. The molecule has 0 heterocycles. The molecule has 1 aromatic rings. The van der Waals surface area contributed by atoms with E-state index >= 15 is 0 Å². The Hall–Kier alpha value is -2.59. The minimum Gasteiger partial charge on any atom is -0.480 e. The molecule has 5 unspecified atom stereocenters. The highest BCUT2D eigenvalue weighted by atomic mass is 32.2. The van der Waals surface area contributed by atoms with Crippen LogP contribution in [0.1, 0.15) is 39.2 Å². The Labute approximate surface area is 199 Å².